The van der Waals surface area contributed by atoms with Crippen molar-refractivity contribution in [2.24, 2.45) is 11.7 Å². The molecule has 1 atom stereocenters. The monoisotopic (exact) mass is 235 g/mol. The molecular formula is C9H21N3O2S. The van der Waals surface area contributed by atoms with Gasteiger partial charge in [-0.3, -0.25) is 5.41 Å². The fourth-order valence-electron chi connectivity index (χ4n) is 1.13. The maximum Gasteiger partial charge on any atom is 0.211 e. The zero-order chi connectivity index (χ0) is 12.1. The van der Waals surface area contributed by atoms with Gasteiger partial charge in [-0.1, -0.05) is 13.8 Å². The molecule has 0 heterocycles. The zero-order valence-electron chi connectivity index (χ0n) is 9.58. The molecule has 0 aliphatic rings. The molecule has 0 radical (unpaired) electrons. The van der Waals surface area contributed by atoms with Gasteiger partial charge in [0.15, 0.2) is 0 Å². The zero-order valence-corrected chi connectivity index (χ0v) is 10.4. The molecular weight excluding hydrogens is 214 g/mol. The maximum absolute atomic E-state index is 11.5. The van der Waals surface area contributed by atoms with Crippen molar-refractivity contribution in [2.75, 3.05) is 5.75 Å². The van der Waals surface area contributed by atoms with Gasteiger partial charge in [0.2, 0.25) is 10.0 Å². The first-order valence-corrected chi connectivity index (χ1v) is 6.71. The van der Waals surface area contributed by atoms with Crippen molar-refractivity contribution >= 4 is 15.9 Å². The molecule has 0 aliphatic carbocycles. The predicted octanol–water partition coefficient (Wildman–Crippen LogP) is 0.666. The van der Waals surface area contributed by atoms with E-state index in [0.29, 0.717) is 12.3 Å². The van der Waals surface area contributed by atoms with Gasteiger partial charge in [-0.15, -0.1) is 0 Å². The molecule has 15 heavy (non-hydrogen) atoms. The summed E-state index contributed by atoms with van der Waals surface area (Å²) in [5, 5.41) is 7.05. The van der Waals surface area contributed by atoms with Crippen LogP contribution in [-0.2, 0) is 10.0 Å². The van der Waals surface area contributed by atoms with Crippen LogP contribution < -0.4 is 10.5 Å². The van der Waals surface area contributed by atoms with Crippen LogP contribution in [0, 0.1) is 11.3 Å². The molecule has 0 bridgehead atoms. The van der Waals surface area contributed by atoms with E-state index in [0.717, 1.165) is 0 Å². The average Bonchev–Trinajstić information content (AvgIpc) is 1.98. The minimum absolute atomic E-state index is 0.00550. The molecule has 0 aliphatic heterocycles. The average molecular weight is 235 g/mol. The normalized spacial score (nSPS) is 14.1. The largest absolute Gasteiger partial charge is 0.388 e. The minimum atomic E-state index is -3.22. The highest BCUT2D eigenvalue weighted by atomic mass is 32.2. The van der Waals surface area contributed by atoms with Crippen molar-refractivity contribution in [3.63, 3.8) is 0 Å². The standard InChI is InChI=1S/C9H21N3O2S/c1-7(2)4-5-15(13,14)12-8(3)6-9(10)11/h7-8,12H,4-6H2,1-3H3,(H3,10,11). The maximum atomic E-state index is 11.5. The van der Waals surface area contributed by atoms with Crippen LogP contribution in [0.1, 0.15) is 33.6 Å². The van der Waals surface area contributed by atoms with Gasteiger partial charge < -0.3 is 5.73 Å². The van der Waals surface area contributed by atoms with E-state index < -0.39 is 10.0 Å². The third-order valence-electron chi connectivity index (χ3n) is 1.87. The van der Waals surface area contributed by atoms with Gasteiger partial charge >= 0.3 is 0 Å². The van der Waals surface area contributed by atoms with Crippen LogP contribution in [0.2, 0.25) is 0 Å². The number of nitrogens with two attached hydrogens (primary N) is 1. The fraction of sp³-hybridized carbons (Fsp3) is 0.889. The van der Waals surface area contributed by atoms with E-state index in [2.05, 4.69) is 4.72 Å². The lowest BCUT2D eigenvalue weighted by molar-refractivity contribution is 0.548. The summed E-state index contributed by atoms with van der Waals surface area (Å²) in [4.78, 5) is 0. The van der Waals surface area contributed by atoms with Crippen LogP contribution >= 0.6 is 0 Å². The number of amidine groups is 1. The summed E-state index contributed by atoms with van der Waals surface area (Å²) >= 11 is 0. The Balaban J connectivity index is 4.08. The molecule has 0 saturated heterocycles. The molecule has 6 heteroatoms. The number of hydrogen-bond acceptors (Lipinski definition) is 3. The summed E-state index contributed by atoms with van der Waals surface area (Å²) in [6, 6.07) is -0.306. The Morgan fingerprint density at radius 3 is 2.33 bits per heavy atom. The van der Waals surface area contributed by atoms with Gasteiger partial charge in [-0.25, -0.2) is 13.1 Å². The Morgan fingerprint density at radius 1 is 1.40 bits per heavy atom. The first-order valence-electron chi connectivity index (χ1n) is 5.06. The summed E-state index contributed by atoms with van der Waals surface area (Å²) in [7, 11) is -3.22. The highest BCUT2D eigenvalue weighted by Crippen LogP contribution is 2.03. The van der Waals surface area contributed by atoms with Crippen LogP contribution in [-0.4, -0.2) is 26.0 Å². The van der Waals surface area contributed by atoms with Crippen LogP contribution in [0.25, 0.3) is 0 Å². The quantitative estimate of drug-likeness (QED) is 0.447. The third-order valence-corrected chi connectivity index (χ3v) is 3.41. The fourth-order valence-corrected chi connectivity index (χ4v) is 2.72. The van der Waals surface area contributed by atoms with Gasteiger partial charge in [0.25, 0.3) is 0 Å². The van der Waals surface area contributed by atoms with E-state index in [4.69, 9.17) is 11.1 Å². The molecule has 90 valence electrons. The second-order valence-corrected chi connectivity index (χ2v) is 6.12. The lowest BCUT2D eigenvalue weighted by Gasteiger charge is -2.13. The molecule has 5 nitrogen and oxygen atoms in total. The van der Waals surface area contributed by atoms with Gasteiger partial charge in [-0.05, 0) is 19.3 Å². The van der Waals surface area contributed by atoms with Crippen molar-refractivity contribution in [2.45, 2.75) is 39.7 Å². The second-order valence-electron chi connectivity index (χ2n) is 4.25. The van der Waals surface area contributed by atoms with E-state index in [-0.39, 0.29) is 24.1 Å². The molecule has 0 saturated carbocycles. The Bertz CT molecular complexity index is 298. The van der Waals surface area contributed by atoms with E-state index in [1.54, 1.807) is 6.92 Å². The van der Waals surface area contributed by atoms with E-state index >= 15 is 0 Å². The van der Waals surface area contributed by atoms with Crippen molar-refractivity contribution in [3.8, 4) is 0 Å². The predicted molar refractivity (Wildman–Crippen MR) is 62.4 cm³/mol. The van der Waals surface area contributed by atoms with Crippen LogP contribution in [0.4, 0.5) is 0 Å². The van der Waals surface area contributed by atoms with Crippen LogP contribution in [0.5, 0.6) is 0 Å². The topological polar surface area (TPSA) is 96.0 Å². The van der Waals surface area contributed by atoms with E-state index in [1.165, 1.54) is 0 Å². The third kappa shape index (κ3) is 8.38. The first-order chi connectivity index (χ1) is 6.73. The molecule has 1 unspecified atom stereocenters. The number of nitrogens with one attached hydrogen (secondary N) is 2. The van der Waals surface area contributed by atoms with Gasteiger partial charge in [0.1, 0.15) is 0 Å². The Kier molecular flexibility index (Phi) is 5.82. The summed E-state index contributed by atoms with van der Waals surface area (Å²) in [6.07, 6.45) is 0.892. The van der Waals surface area contributed by atoms with Gasteiger partial charge in [0.05, 0.1) is 11.6 Å². The van der Waals surface area contributed by atoms with Crippen molar-refractivity contribution in [3.05, 3.63) is 0 Å². The second kappa shape index (κ2) is 6.07. The molecule has 0 aromatic heterocycles. The molecule has 0 amide bonds. The van der Waals surface area contributed by atoms with Crippen molar-refractivity contribution < 1.29 is 8.42 Å². The first kappa shape index (κ1) is 14.4. The SMILES string of the molecule is CC(C)CCS(=O)(=O)NC(C)CC(=N)N. The molecule has 0 rings (SSSR count). The molecule has 0 fully saturated rings. The lowest BCUT2D eigenvalue weighted by Crippen LogP contribution is -2.37. The van der Waals surface area contributed by atoms with Gasteiger partial charge in [0, 0.05) is 12.5 Å². The summed E-state index contributed by atoms with van der Waals surface area (Å²) in [5.41, 5.74) is 5.18. The molecule has 0 spiro atoms. The minimum Gasteiger partial charge on any atom is -0.388 e. The van der Waals surface area contributed by atoms with Crippen molar-refractivity contribution in [1.82, 2.24) is 4.72 Å². The highest BCUT2D eigenvalue weighted by Gasteiger charge is 2.15. The Hall–Kier alpha value is -0.620. The van der Waals surface area contributed by atoms with Crippen LogP contribution in [0.15, 0.2) is 0 Å². The van der Waals surface area contributed by atoms with Crippen LogP contribution in [0.3, 0.4) is 0 Å². The Labute approximate surface area is 92.0 Å². The number of rotatable bonds is 7. The lowest BCUT2D eigenvalue weighted by atomic mass is 10.2. The summed E-state index contributed by atoms with van der Waals surface area (Å²) < 4.78 is 25.5. The van der Waals surface area contributed by atoms with E-state index in [1.807, 2.05) is 13.8 Å². The van der Waals surface area contributed by atoms with E-state index in [9.17, 15) is 8.42 Å². The van der Waals surface area contributed by atoms with Crippen molar-refractivity contribution in [1.29, 1.82) is 5.41 Å². The van der Waals surface area contributed by atoms with Gasteiger partial charge in [-0.2, -0.15) is 0 Å². The smallest absolute Gasteiger partial charge is 0.211 e. The Morgan fingerprint density at radius 2 is 1.93 bits per heavy atom. The molecule has 4 N–H and O–H groups in total. The molecule has 0 aromatic rings. The summed E-state index contributed by atoms with van der Waals surface area (Å²) in [5.74, 6) is 0.492. The molecule has 0 aromatic carbocycles. The number of hydrogen-bond donors (Lipinski definition) is 3. The highest BCUT2D eigenvalue weighted by molar-refractivity contribution is 7.89. The summed E-state index contributed by atoms with van der Waals surface area (Å²) in [6.45, 7) is 5.66. The number of sulfonamides is 1.